The molecule has 1 amide bonds. The Morgan fingerprint density at radius 1 is 1.21 bits per heavy atom. The van der Waals surface area contributed by atoms with Crippen LogP contribution in [0.4, 0.5) is 5.69 Å². The lowest BCUT2D eigenvalue weighted by molar-refractivity contribution is 0.0519. The highest BCUT2D eigenvalue weighted by molar-refractivity contribution is 6.02. The summed E-state index contributed by atoms with van der Waals surface area (Å²) in [4.78, 5) is 14.7. The minimum Gasteiger partial charge on any atom is -0.362 e. The first-order chi connectivity index (χ1) is 9.12. The Morgan fingerprint density at radius 3 is 2.63 bits per heavy atom. The number of carbonyl (C=O) groups is 1. The third kappa shape index (κ3) is 2.60. The zero-order valence-electron chi connectivity index (χ0n) is 12.2. The zero-order valence-corrected chi connectivity index (χ0v) is 12.2. The smallest absolute Gasteiger partial charge is 0.257 e. The van der Waals surface area contributed by atoms with E-state index in [2.05, 4.69) is 26.1 Å². The van der Waals surface area contributed by atoms with E-state index in [0.717, 1.165) is 43.5 Å². The van der Waals surface area contributed by atoms with Crippen LogP contribution in [0.3, 0.4) is 0 Å². The van der Waals surface area contributed by atoms with Crippen molar-refractivity contribution < 1.29 is 4.79 Å². The van der Waals surface area contributed by atoms with Gasteiger partial charge in [0.1, 0.15) is 5.66 Å². The van der Waals surface area contributed by atoms with Gasteiger partial charge in [0.15, 0.2) is 0 Å². The number of hydrogen-bond acceptors (Lipinski definition) is 2. The molecule has 1 aliphatic heterocycles. The number of para-hydroxylation sites is 1. The summed E-state index contributed by atoms with van der Waals surface area (Å²) in [6.45, 7) is 7.26. The van der Waals surface area contributed by atoms with Gasteiger partial charge in [0, 0.05) is 12.2 Å². The van der Waals surface area contributed by atoms with Crippen molar-refractivity contribution in [3.8, 4) is 0 Å². The molecule has 19 heavy (non-hydrogen) atoms. The highest BCUT2D eigenvalue weighted by atomic mass is 16.2. The van der Waals surface area contributed by atoms with Crippen LogP contribution >= 0.6 is 0 Å². The predicted octanol–water partition coefficient (Wildman–Crippen LogP) is 3.87. The van der Waals surface area contributed by atoms with Crippen LogP contribution in [0.1, 0.15) is 56.8 Å². The lowest BCUT2D eigenvalue weighted by Gasteiger charge is -2.46. The van der Waals surface area contributed by atoms with Gasteiger partial charge >= 0.3 is 0 Å². The van der Waals surface area contributed by atoms with Crippen LogP contribution in [0.5, 0.6) is 0 Å². The summed E-state index contributed by atoms with van der Waals surface area (Å²) >= 11 is 0. The number of anilines is 1. The molecule has 1 heterocycles. The minimum atomic E-state index is -0.253. The van der Waals surface area contributed by atoms with Crippen molar-refractivity contribution in [3.05, 3.63) is 29.8 Å². The molecule has 1 aromatic rings. The van der Waals surface area contributed by atoms with E-state index in [-0.39, 0.29) is 11.6 Å². The van der Waals surface area contributed by atoms with Crippen molar-refractivity contribution in [2.45, 2.75) is 52.1 Å². The van der Waals surface area contributed by atoms with Crippen LogP contribution in [0.25, 0.3) is 0 Å². The maximum atomic E-state index is 12.7. The average Bonchev–Trinajstić information content (AvgIpc) is 2.41. The molecule has 0 aliphatic carbocycles. The van der Waals surface area contributed by atoms with Crippen molar-refractivity contribution in [2.75, 3.05) is 11.9 Å². The Labute approximate surface area is 116 Å². The van der Waals surface area contributed by atoms with Gasteiger partial charge in [0.25, 0.3) is 5.91 Å². The first kappa shape index (κ1) is 13.9. The molecule has 1 unspecified atom stereocenters. The van der Waals surface area contributed by atoms with Crippen molar-refractivity contribution in [3.63, 3.8) is 0 Å². The monoisotopic (exact) mass is 260 g/mol. The van der Waals surface area contributed by atoms with Gasteiger partial charge in [-0.3, -0.25) is 4.79 Å². The summed E-state index contributed by atoms with van der Waals surface area (Å²) in [7, 11) is 0. The summed E-state index contributed by atoms with van der Waals surface area (Å²) in [5, 5.41) is 3.58. The number of nitrogens with one attached hydrogen (secondary N) is 1. The molecule has 0 aromatic heterocycles. The lowest BCUT2D eigenvalue weighted by atomic mass is 9.95. The number of unbranched alkanes of at least 4 members (excludes halogenated alkanes) is 1. The molecular weight excluding hydrogens is 236 g/mol. The first-order valence-corrected chi connectivity index (χ1v) is 7.31. The number of hydrogen-bond donors (Lipinski definition) is 1. The molecular formula is C16H24N2O. The topological polar surface area (TPSA) is 32.3 Å². The van der Waals surface area contributed by atoms with E-state index in [1.54, 1.807) is 0 Å². The van der Waals surface area contributed by atoms with Crippen LogP contribution in [-0.4, -0.2) is 23.0 Å². The largest absolute Gasteiger partial charge is 0.362 e. The molecule has 1 N–H and O–H groups in total. The average molecular weight is 260 g/mol. The first-order valence-electron chi connectivity index (χ1n) is 7.31. The van der Waals surface area contributed by atoms with Crippen molar-refractivity contribution >= 4 is 11.6 Å². The molecule has 0 saturated heterocycles. The van der Waals surface area contributed by atoms with Gasteiger partial charge in [0.2, 0.25) is 0 Å². The number of fused-ring (bicyclic) bond motifs is 1. The summed E-state index contributed by atoms with van der Waals surface area (Å²) in [5.74, 6) is 0.162. The minimum absolute atomic E-state index is 0.162. The molecule has 3 heteroatoms. The quantitative estimate of drug-likeness (QED) is 0.871. The molecule has 0 spiro atoms. The van der Waals surface area contributed by atoms with E-state index in [1.165, 1.54) is 0 Å². The molecule has 0 fully saturated rings. The second kappa shape index (κ2) is 5.64. The van der Waals surface area contributed by atoms with Gasteiger partial charge in [-0.25, -0.2) is 0 Å². The number of benzene rings is 1. The van der Waals surface area contributed by atoms with Gasteiger partial charge < -0.3 is 10.2 Å². The number of amides is 1. The van der Waals surface area contributed by atoms with Crippen LogP contribution in [-0.2, 0) is 0 Å². The maximum absolute atomic E-state index is 12.7. The normalized spacial score (nSPS) is 22.1. The summed E-state index contributed by atoms with van der Waals surface area (Å²) in [6, 6.07) is 7.82. The summed E-state index contributed by atoms with van der Waals surface area (Å²) < 4.78 is 0. The van der Waals surface area contributed by atoms with E-state index < -0.39 is 0 Å². The Kier molecular flexibility index (Phi) is 4.13. The van der Waals surface area contributed by atoms with Crippen LogP contribution in [0, 0.1) is 0 Å². The van der Waals surface area contributed by atoms with Gasteiger partial charge in [-0.15, -0.1) is 0 Å². The molecule has 2 rings (SSSR count). The third-order valence-corrected chi connectivity index (χ3v) is 3.87. The molecule has 0 radical (unpaired) electrons. The van der Waals surface area contributed by atoms with Gasteiger partial charge in [-0.05, 0) is 38.3 Å². The molecule has 0 bridgehead atoms. The third-order valence-electron chi connectivity index (χ3n) is 3.87. The van der Waals surface area contributed by atoms with E-state index in [4.69, 9.17) is 0 Å². The molecule has 1 atom stereocenters. The fraction of sp³-hybridized carbons (Fsp3) is 0.562. The molecule has 0 saturated carbocycles. The van der Waals surface area contributed by atoms with Crippen LogP contribution < -0.4 is 5.32 Å². The van der Waals surface area contributed by atoms with E-state index in [1.807, 2.05) is 29.2 Å². The Hall–Kier alpha value is -1.51. The van der Waals surface area contributed by atoms with Crippen molar-refractivity contribution in [2.24, 2.45) is 0 Å². The van der Waals surface area contributed by atoms with Crippen molar-refractivity contribution in [1.82, 2.24) is 4.90 Å². The second-order valence-electron chi connectivity index (χ2n) is 5.50. The standard InChI is InChI=1S/C16H24N2O/c1-4-6-11-16(3)17-14-10-8-7-9-13(14)15(19)18(16)12-5-2/h7-10,17H,4-6,11-12H2,1-3H3. The zero-order chi connectivity index (χ0) is 13.9. The second-order valence-corrected chi connectivity index (χ2v) is 5.50. The van der Waals surface area contributed by atoms with E-state index >= 15 is 0 Å². The van der Waals surface area contributed by atoms with Crippen LogP contribution in [0.15, 0.2) is 24.3 Å². The number of rotatable bonds is 5. The van der Waals surface area contributed by atoms with Gasteiger partial charge in [-0.1, -0.05) is 32.4 Å². The van der Waals surface area contributed by atoms with Crippen LogP contribution in [0.2, 0.25) is 0 Å². The van der Waals surface area contributed by atoms with Gasteiger partial charge in [-0.2, -0.15) is 0 Å². The SMILES string of the molecule is CCCCC1(C)Nc2ccccc2C(=O)N1CCC. The van der Waals surface area contributed by atoms with Gasteiger partial charge in [0.05, 0.1) is 5.56 Å². The summed E-state index contributed by atoms with van der Waals surface area (Å²) in [5.41, 5.74) is 1.51. The Balaban J connectivity index is 2.35. The predicted molar refractivity (Wildman–Crippen MR) is 79.3 cm³/mol. The highest BCUT2D eigenvalue weighted by Gasteiger charge is 2.39. The lowest BCUT2D eigenvalue weighted by Crippen LogP contribution is -2.58. The molecule has 1 aromatic carbocycles. The Morgan fingerprint density at radius 2 is 1.95 bits per heavy atom. The van der Waals surface area contributed by atoms with E-state index in [9.17, 15) is 4.79 Å². The molecule has 1 aliphatic rings. The summed E-state index contributed by atoms with van der Waals surface area (Å²) in [6.07, 6.45) is 4.24. The fourth-order valence-electron chi connectivity index (χ4n) is 2.80. The fourth-order valence-corrected chi connectivity index (χ4v) is 2.80. The number of nitrogens with zero attached hydrogens (tertiary/aromatic N) is 1. The van der Waals surface area contributed by atoms with E-state index in [0.29, 0.717) is 0 Å². The highest BCUT2D eigenvalue weighted by Crippen LogP contribution is 2.34. The Bertz CT molecular complexity index is 458. The maximum Gasteiger partial charge on any atom is 0.257 e. The number of carbonyl (C=O) groups excluding carboxylic acids is 1. The molecule has 104 valence electrons. The van der Waals surface area contributed by atoms with Crippen molar-refractivity contribution in [1.29, 1.82) is 0 Å². The molecule has 3 nitrogen and oxygen atoms in total.